The molecule has 72 heavy (non-hydrogen) atoms. The monoisotopic (exact) mass is 985 g/mol. The summed E-state index contributed by atoms with van der Waals surface area (Å²) in [4.78, 5) is 62.4. The highest BCUT2D eigenvalue weighted by molar-refractivity contribution is 5.99. The van der Waals surface area contributed by atoms with E-state index in [9.17, 15) is 14.7 Å². The highest BCUT2D eigenvalue weighted by atomic mass is 16.6. The van der Waals surface area contributed by atoms with Gasteiger partial charge in [0.25, 0.3) is 6.01 Å². The molecule has 1 amide bonds. The minimum atomic E-state index is -0.241. The molecular formula is C49H59N15O8. The molecule has 0 bridgehead atoms. The molecule has 5 aromatic heterocycles. The number of carbonyl (C=O) groups is 2. The first-order valence-electron chi connectivity index (χ1n) is 24.1. The van der Waals surface area contributed by atoms with Crippen LogP contribution in [0.25, 0.3) is 33.4 Å². The van der Waals surface area contributed by atoms with Crippen molar-refractivity contribution in [1.29, 1.82) is 0 Å². The summed E-state index contributed by atoms with van der Waals surface area (Å²) in [7, 11) is 0. The van der Waals surface area contributed by atoms with Crippen LogP contribution in [-0.4, -0.2) is 158 Å². The number of amides is 1. The maximum atomic E-state index is 13.1. The minimum absolute atomic E-state index is 0.0511. The lowest BCUT2D eigenvalue weighted by Crippen LogP contribution is -2.56. The quantitative estimate of drug-likeness (QED) is 0.0500. The van der Waals surface area contributed by atoms with Gasteiger partial charge in [0, 0.05) is 88.2 Å². The van der Waals surface area contributed by atoms with E-state index in [2.05, 4.69) is 53.1 Å². The first kappa shape index (κ1) is 49.7. The molecule has 7 heterocycles. The van der Waals surface area contributed by atoms with Crippen molar-refractivity contribution in [3.05, 3.63) is 95.3 Å². The first-order valence-corrected chi connectivity index (χ1v) is 24.1. The molecule has 0 aliphatic carbocycles. The summed E-state index contributed by atoms with van der Waals surface area (Å²) in [5.74, 6) is 1.36. The van der Waals surface area contributed by atoms with Crippen LogP contribution in [0.15, 0.2) is 71.9 Å². The smallest absolute Gasteiger partial charge is 0.292 e. The lowest BCUT2D eigenvalue weighted by molar-refractivity contribution is -0.133. The Morgan fingerprint density at radius 1 is 0.764 bits per heavy atom. The summed E-state index contributed by atoms with van der Waals surface area (Å²) < 4.78 is 29.8. The highest BCUT2D eigenvalue weighted by Crippen LogP contribution is 2.33. The molecule has 9 rings (SSSR count). The molecular weight excluding hydrogens is 927 g/mol. The van der Waals surface area contributed by atoms with Crippen LogP contribution in [0, 0.1) is 0 Å². The third-order valence-electron chi connectivity index (χ3n) is 12.6. The fraction of sp³-hybridized carbons (Fsp3) is 0.429. The van der Waals surface area contributed by atoms with Gasteiger partial charge in [-0.3, -0.25) is 9.59 Å². The molecule has 0 saturated carbocycles. The zero-order valence-electron chi connectivity index (χ0n) is 40.0. The fourth-order valence-corrected chi connectivity index (χ4v) is 8.77. The largest absolute Gasteiger partial charge is 0.424 e. The summed E-state index contributed by atoms with van der Waals surface area (Å²) in [6.07, 6.45) is 9.83. The Morgan fingerprint density at radius 3 is 2.25 bits per heavy atom. The average Bonchev–Trinajstić information content (AvgIpc) is 3.98. The second-order valence-corrected chi connectivity index (χ2v) is 17.4. The minimum Gasteiger partial charge on any atom is -0.424 e. The van der Waals surface area contributed by atoms with Crippen molar-refractivity contribution in [2.24, 2.45) is 5.73 Å². The number of benzene rings is 2. The van der Waals surface area contributed by atoms with Gasteiger partial charge in [0.05, 0.1) is 82.8 Å². The lowest BCUT2D eigenvalue weighted by Gasteiger charge is -2.40. The highest BCUT2D eigenvalue weighted by Gasteiger charge is 2.30. The number of fused-ring (bicyclic) bond motifs is 3. The van der Waals surface area contributed by atoms with Gasteiger partial charge in [-0.05, 0) is 47.7 Å². The van der Waals surface area contributed by atoms with E-state index in [0.29, 0.717) is 169 Å². The molecule has 0 radical (unpaired) electrons. The van der Waals surface area contributed by atoms with Crippen LogP contribution in [0.4, 0.5) is 23.7 Å². The Bertz CT molecular complexity index is 2930. The number of Topliss-reactive ketones (excluding diaryl/α,β-unsaturated/α-hetero) is 1. The number of ketones is 1. The van der Waals surface area contributed by atoms with Crippen molar-refractivity contribution in [2.75, 3.05) is 107 Å². The third kappa shape index (κ3) is 12.1. The third-order valence-corrected chi connectivity index (χ3v) is 12.6. The van der Waals surface area contributed by atoms with Crippen molar-refractivity contribution in [3.63, 3.8) is 0 Å². The molecule has 7 aromatic rings. The summed E-state index contributed by atoms with van der Waals surface area (Å²) in [5.41, 5.74) is 25.7. The summed E-state index contributed by atoms with van der Waals surface area (Å²) in [5, 5.41) is 15.7. The summed E-state index contributed by atoms with van der Waals surface area (Å²) in [6.45, 7) is 6.70. The number of hydrogen-bond acceptors (Lipinski definition) is 21. The van der Waals surface area contributed by atoms with Gasteiger partial charge in [-0.25, -0.2) is 34.6 Å². The van der Waals surface area contributed by atoms with Gasteiger partial charge in [-0.1, -0.05) is 18.2 Å². The van der Waals surface area contributed by atoms with E-state index < -0.39 is 0 Å². The first-order chi connectivity index (χ1) is 35.2. The Hall–Kier alpha value is -7.28. The van der Waals surface area contributed by atoms with Crippen molar-refractivity contribution in [3.8, 4) is 11.3 Å². The van der Waals surface area contributed by atoms with E-state index in [4.69, 9.17) is 45.7 Å². The number of carbonyl (C=O) groups excluding carboxylic acids is 2. The van der Waals surface area contributed by atoms with Gasteiger partial charge in [-0.15, -0.1) is 0 Å². The number of ether oxygens (including phenoxy) is 4. The Labute approximate surface area is 414 Å². The molecule has 1 atom stereocenters. The van der Waals surface area contributed by atoms with Crippen molar-refractivity contribution < 1.29 is 38.1 Å². The molecule has 7 N–H and O–H groups in total. The van der Waals surface area contributed by atoms with Crippen molar-refractivity contribution in [2.45, 2.75) is 51.4 Å². The number of piperazine rings is 1. The van der Waals surface area contributed by atoms with Crippen LogP contribution in [0.3, 0.4) is 0 Å². The Balaban J connectivity index is 0.599. The van der Waals surface area contributed by atoms with Gasteiger partial charge in [0.1, 0.15) is 23.4 Å². The molecule has 378 valence electrons. The SMILES string of the molecule is NCc1cnc(N2CCN(c3ncc(C(=O)CCCOCCOCCOCCOCCC(=O)N4CCc5cc(Cn6nc(-c7ccc8oc(N)nc8c7)c7c(N)ncnc76)ccc5C4)cn3)CC2CO)nc1. The molecule has 2 aliphatic heterocycles. The molecule has 23 nitrogen and oxygen atoms in total. The number of aromatic nitrogens is 9. The van der Waals surface area contributed by atoms with Crippen LogP contribution in [0.1, 0.15) is 51.9 Å². The van der Waals surface area contributed by atoms with Gasteiger partial charge >= 0.3 is 0 Å². The van der Waals surface area contributed by atoms with Gasteiger partial charge in [0.15, 0.2) is 17.0 Å². The lowest BCUT2D eigenvalue weighted by atomic mass is 9.97. The molecule has 2 aromatic carbocycles. The number of anilines is 4. The van der Waals surface area contributed by atoms with Crippen LogP contribution in [0.5, 0.6) is 0 Å². The maximum absolute atomic E-state index is 13.1. The van der Waals surface area contributed by atoms with Gasteiger partial charge < -0.3 is 60.4 Å². The number of hydrogen-bond donors (Lipinski definition) is 4. The second-order valence-electron chi connectivity index (χ2n) is 17.4. The van der Waals surface area contributed by atoms with E-state index in [1.807, 2.05) is 31.5 Å². The van der Waals surface area contributed by atoms with Crippen LogP contribution in [0.2, 0.25) is 0 Å². The maximum Gasteiger partial charge on any atom is 0.292 e. The Kier molecular flexibility index (Phi) is 16.4. The zero-order valence-corrected chi connectivity index (χ0v) is 40.0. The number of aliphatic hydroxyl groups excluding tert-OH is 1. The number of nitrogen functional groups attached to an aromatic ring is 2. The van der Waals surface area contributed by atoms with E-state index in [1.165, 1.54) is 11.9 Å². The molecule has 2 aliphatic rings. The molecule has 23 heteroatoms. The van der Waals surface area contributed by atoms with E-state index in [0.717, 1.165) is 28.7 Å². The number of oxazole rings is 1. The van der Waals surface area contributed by atoms with Gasteiger partial charge in [0.2, 0.25) is 17.8 Å². The number of nitrogens with zero attached hydrogens (tertiary/aromatic N) is 12. The van der Waals surface area contributed by atoms with E-state index in [-0.39, 0.29) is 30.4 Å². The van der Waals surface area contributed by atoms with Crippen LogP contribution in [-0.2, 0) is 49.8 Å². The number of rotatable bonds is 24. The summed E-state index contributed by atoms with van der Waals surface area (Å²) in [6, 6.07) is 11.7. The second kappa shape index (κ2) is 23.8. The summed E-state index contributed by atoms with van der Waals surface area (Å²) >= 11 is 0. The van der Waals surface area contributed by atoms with Crippen LogP contribution < -0.4 is 27.0 Å². The van der Waals surface area contributed by atoms with Crippen molar-refractivity contribution >= 4 is 57.6 Å². The molecule has 0 spiro atoms. The van der Waals surface area contributed by atoms with Gasteiger partial charge in [-0.2, -0.15) is 10.1 Å². The topological polar surface area (TPSA) is 300 Å². The predicted molar refractivity (Wildman–Crippen MR) is 266 cm³/mol. The zero-order chi connectivity index (χ0) is 49.8. The fourth-order valence-electron chi connectivity index (χ4n) is 8.77. The van der Waals surface area contributed by atoms with E-state index >= 15 is 0 Å². The molecule has 1 fully saturated rings. The number of nitrogens with two attached hydrogens (primary N) is 3. The molecule has 1 unspecified atom stereocenters. The van der Waals surface area contributed by atoms with Crippen LogP contribution >= 0.6 is 0 Å². The predicted octanol–water partition coefficient (Wildman–Crippen LogP) is 2.58. The standard InChI is InChI=1S/C49H59N15O8/c50-22-33-23-53-49(54-24-33)63-11-10-62(29-38(63)30-65)48-55-25-37(26-56-48)40(66)2-1-12-68-14-16-70-18-19-71-17-15-69-13-8-42(67)61-9-7-34-20-32(3-4-36(34)28-61)27-64-46-43(45(51)57-31-58-46)44(60-64)35-5-6-41-39(21-35)59-47(52)72-41/h3-6,20-21,23-26,31,38,65H,1-2,7-19,22,27-30,50H2,(H2,52,59)(H2,51,57,58). The normalized spacial score (nSPS) is 14.9. The Morgan fingerprint density at radius 2 is 1.50 bits per heavy atom. The van der Waals surface area contributed by atoms with Crippen molar-refractivity contribution in [1.82, 2.24) is 49.6 Å². The average molecular weight is 986 g/mol. The van der Waals surface area contributed by atoms with E-state index in [1.54, 1.807) is 30.9 Å². The number of aliphatic hydroxyl groups is 1. The molecule has 1 saturated heterocycles.